The van der Waals surface area contributed by atoms with Gasteiger partial charge in [0.05, 0.1) is 10.7 Å². The SMILES string of the molecule is CC(C)C(NC(=O)c1nc(C2CC2)n(-c2ccccc2Cl)n1)C(=O)O. The Kier molecular flexibility index (Phi) is 4.76. The fraction of sp³-hybridized carbons (Fsp3) is 0.412. The summed E-state index contributed by atoms with van der Waals surface area (Å²) in [5.41, 5.74) is 0.649. The van der Waals surface area contributed by atoms with E-state index >= 15 is 0 Å². The first kappa shape index (κ1) is 17.4. The van der Waals surface area contributed by atoms with Gasteiger partial charge in [0.15, 0.2) is 0 Å². The molecule has 3 rings (SSSR count). The van der Waals surface area contributed by atoms with Gasteiger partial charge >= 0.3 is 5.97 Å². The lowest BCUT2D eigenvalue weighted by Crippen LogP contribution is -2.44. The quantitative estimate of drug-likeness (QED) is 0.823. The Bertz CT molecular complexity index is 814. The molecule has 2 N–H and O–H groups in total. The zero-order valence-corrected chi connectivity index (χ0v) is 14.7. The van der Waals surface area contributed by atoms with Crippen LogP contribution >= 0.6 is 11.6 Å². The number of aromatic nitrogens is 3. The summed E-state index contributed by atoms with van der Waals surface area (Å²) >= 11 is 6.25. The molecule has 2 aromatic rings. The van der Waals surface area contributed by atoms with Crippen LogP contribution in [0.5, 0.6) is 0 Å². The second-order valence-corrected chi connectivity index (χ2v) is 6.87. The molecule has 0 spiro atoms. The fourth-order valence-electron chi connectivity index (χ4n) is 2.55. The molecule has 0 bridgehead atoms. The maximum Gasteiger partial charge on any atom is 0.326 e. The second kappa shape index (κ2) is 6.84. The molecule has 1 aliphatic carbocycles. The van der Waals surface area contributed by atoms with Gasteiger partial charge in [0.25, 0.3) is 5.91 Å². The molecule has 7 nitrogen and oxygen atoms in total. The third-order valence-electron chi connectivity index (χ3n) is 4.08. The highest BCUT2D eigenvalue weighted by molar-refractivity contribution is 6.32. The van der Waals surface area contributed by atoms with E-state index in [0.29, 0.717) is 16.5 Å². The van der Waals surface area contributed by atoms with Crippen molar-refractivity contribution in [1.29, 1.82) is 0 Å². The van der Waals surface area contributed by atoms with Gasteiger partial charge in [-0.25, -0.2) is 14.5 Å². The number of carboxylic acid groups (broad SMARTS) is 1. The van der Waals surface area contributed by atoms with Crippen LogP contribution in [0.4, 0.5) is 0 Å². The molecule has 8 heteroatoms. The van der Waals surface area contributed by atoms with Crippen LogP contribution in [0.25, 0.3) is 5.69 Å². The summed E-state index contributed by atoms with van der Waals surface area (Å²) in [5, 5.41) is 16.5. The zero-order valence-electron chi connectivity index (χ0n) is 13.9. The largest absolute Gasteiger partial charge is 0.480 e. The number of rotatable bonds is 6. The summed E-state index contributed by atoms with van der Waals surface area (Å²) in [6, 6.07) is 6.20. The molecule has 1 heterocycles. The molecular weight excluding hydrogens is 344 g/mol. The Labute approximate surface area is 150 Å². The van der Waals surface area contributed by atoms with Gasteiger partial charge in [0, 0.05) is 5.92 Å². The molecule has 1 aliphatic rings. The molecule has 132 valence electrons. The Morgan fingerprint density at radius 1 is 1.32 bits per heavy atom. The molecule has 0 saturated heterocycles. The van der Waals surface area contributed by atoms with Crippen molar-refractivity contribution < 1.29 is 14.7 Å². The van der Waals surface area contributed by atoms with Gasteiger partial charge < -0.3 is 10.4 Å². The maximum absolute atomic E-state index is 12.4. The van der Waals surface area contributed by atoms with Gasteiger partial charge in [-0.15, -0.1) is 5.10 Å². The zero-order chi connectivity index (χ0) is 18.1. The van der Waals surface area contributed by atoms with Gasteiger partial charge in [-0.05, 0) is 30.9 Å². The Morgan fingerprint density at radius 2 is 2.00 bits per heavy atom. The molecule has 0 aliphatic heterocycles. The summed E-state index contributed by atoms with van der Waals surface area (Å²) < 4.78 is 1.58. The summed E-state index contributed by atoms with van der Waals surface area (Å²) in [6.45, 7) is 3.45. The van der Waals surface area contributed by atoms with Crippen LogP contribution < -0.4 is 5.32 Å². The molecule has 1 aromatic heterocycles. The average molecular weight is 363 g/mol. The van der Waals surface area contributed by atoms with E-state index in [0.717, 1.165) is 12.8 Å². The summed E-state index contributed by atoms with van der Waals surface area (Å²) in [5.74, 6) is -1.07. The first-order chi connectivity index (χ1) is 11.9. The number of para-hydroxylation sites is 1. The number of hydrogen-bond donors (Lipinski definition) is 2. The van der Waals surface area contributed by atoms with E-state index in [1.807, 2.05) is 12.1 Å². The van der Waals surface area contributed by atoms with Gasteiger partial charge in [-0.2, -0.15) is 0 Å². The first-order valence-corrected chi connectivity index (χ1v) is 8.51. The molecular formula is C17H19ClN4O3. The lowest BCUT2D eigenvalue weighted by Gasteiger charge is -2.16. The molecule has 1 fully saturated rings. The summed E-state index contributed by atoms with van der Waals surface area (Å²) in [7, 11) is 0. The van der Waals surface area contributed by atoms with Gasteiger partial charge in [0.2, 0.25) is 5.82 Å². The van der Waals surface area contributed by atoms with Gasteiger partial charge in [0.1, 0.15) is 11.9 Å². The van der Waals surface area contributed by atoms with Crippen molar-refractivity contribution in [3.63, 3.8) is 0 Å². The lowest BCUT2D eigenvalue weighted by molar-refractivity contribution is -0.140. The van der Waals surface area contributed by atoms with Crippen LogP contribution in [0.3, 0.4) is 0 Å². The minimum absolute atomic E-state index is 0.0475. The van der Waals surface area contributed by atoms with E-state index in [1.165, 1.54) is 0 Å². The number of amides is 1. The Balaban J connectivity index is 1.93. The number of carbonyl (C=O) groups is 2. The monoisotopic (exact) mass is 362 g/mol. The number of hydrogen-bond acceptors (Lipinski definition) is 4. The lowest BCUT2D eigenvalue weighted by atomic mass is 10.1. The highest BCUT2D eigenvalue weighted by Crippen LogP contribution is 2.40. The highest BCUT2D eigenvalue weighted by Gasteiger charge is 2.33. The molecule has 1 saturated carbocycles. The summed E-state index contributed by atoms with van der Waals surface area (Å²) in [4.78, 5) is 28.1. The van der Waals surface area contributed by atoms with Crippen molar-refractivity contribution in [1.82, 2.24) is 20.1 Å². The number of carboxylic acids is 1. The van der Waals surface area contributed by atoms with E-state index in [-0.39, 0.29) is 17.7 Å². The fourth-order valence-corrected chi connectivity index (χ4v) is 2.76. The molecule has 1 aromatic carbocycles. The smallest absolute Gasteiger partial charge is 0.326 e. The van der Waals surface area contributed by atoms with E-state index < -0.39 is 17.9 Å². The number of carbonyl (C=O) groups excluding carboxylic acids is 1. The van der Waals surface area contributed by atoms with Crippen LogP contribution in [-0.2, 0) is 4.79 Å². The van der Waals surface area contributed by atoms with E-state index in [2.05, 4.69) is 15.4 Å². The number of benzene rings is 1. The molecule has 25 heavy (non-hydrogen) atoms. The molecule has 1 amide bonds. The van der Waals surface area contributed by atoms with Crippen LogP contribution in [0.1, 0.15) is 49.1 Å². The van der Waals surface area contributed by atoms with Crippen LogP contribution in [0, 0.1) is 5.92 Å². The number of aliphatic carboxylic acids is 1. The van der Waals surface area contributed by atoms with Crippen molar-refractivity contribution in [2.75, 3.05) is 0 Å². The molecule has 1 unspecified atom stereocenters. The topological polar surface area (TPSA) is 97.1 Å². The van der Waals surface area contributed by atoms with Crippen molar-refractivity contribution in [3.05, 3.63) is 40.9 Å². The maximum atomic E-state index is 12.4. The van der Waals surface area contributed by atoms with E-state index in [9.17, 15) is 14.7 Å². The Morgan fingerprint density at radius 3 is 2.56 bits per heavy atom. The van der Waals surface area contributed by atoms with Crippen molar-refractivity contribution in [3.8, 4) is 5.69 Å². The van der Waals surface area contributed by atoms with Gasteiger partial charge in [-0.1, -0.05) is 37.6 Å². The van der Waals surface area contributed by atoms with Crippen molar-refractivity contribution in [2.24, 2.45) is 5.92 Å². The first-order valence-electron chi connectivity index (χ1n) is 8.14. The molecule has 1 atom stereocenters. The van der Waals surface area contributed by atoms with Crippen molar-refractivity contribution in [2.45, 2.75) is 38.6 Å². The molecule has 0 radical (unpaired) electrons. The third kappa shape index (κ3) is 3.66. The normalized spacial score (nSPS) is 15.2. The van der Waals surface area contributed by atoms with Gasteiger partial charge in [-0.3, -0.25) is 4.79 Å². The van der Waals surface area contributed by atoms with Crippen LogP contribution in [0.15, 0.2) is 24.3 Å². The Hall–Kier alpha value is -2.41. The van der Waals surface area contributed by atoms with Crippen LogP contribution in [0.2, 0.25) is 5.02 Å². The number of nitrogens with one attached hydrogen (secondary N) is 1. The van der Waals surface area contributed by atoms with Crippen molar-refractivity contribution >= 4 is 23.5 Å². The number of nitrogens with zero attached hydrogens (tertiary/aromatic N) is 3. The average Bonchev–Trinajstić information content (AvgIpc) is 3.31. The van der Waals surface area contributed by atoms with E-state index in [1.54, 1.807) is 30.7 Å². The van der Waals surface area contributed by atoms with E-state index in [4.69, 9.17) is 11.6 Å². The minimum Gasteiger partial charge on any atom is -0.480 e. The number of halogens is 1. The predicted molar refractivity (Wildman–Crippen MR) is 92.1 cm³/mol. The standard InChI is InChI=1S/C17H19ClN4O3/c1-9(2)13(17(24)25)19-16(23)14-20-15(10-7-8-10)22(21-14)12-6-4-3-5-11(12)18/h3-6,9-10,13H,7-8H2,1-2H3,(H,19,23)(H,24,25). The summed E-state index contributed by atoms with van der Waals surface area (Å²) in [6.07, 6.45) is 1.96. The predicted octanol–water partition coefficient (Wildman–Crippen LogP) is 2.64. The highest BCUT2D eigenvalue weighted by atomic mass is 35.5. The van der Waals surface area contributed by atoms with Crippen LogP contribution in [-0.4, -0.2) is 37.8 Å². The second-order valence-electron chi connectivity index (χ2n) is 6.46. The minimum atomic E-state index is -1.09. The third-order valence-corrected chi connectivity index (χ3v) is 4.40.